The number of aliphatic hydroxyl groups excluding tert-OH is 1. The number of nitrogens with zero attached hydrogens (tertiary/aromatic N) is 4. The normalized spacial score (nSPS) is 11.2. The number of rotatable bonds is 5. The van der Waals surface area contributed by atoms with E-state index < -0.39 is 0 Å². The molecular weight excluding hydrogens is 1040 g/mol. The van der Waals surface area contributed by atoms with Gasteiger partial charge in [0.1, 0.15) is 0 Å². The van der Waals surface area contributed by atoms with E-state index in [-0.39, 0.29) is 31.6 Å². The van der Waals surface area contributed by atoms with E-state index in [0.717, 1.165) is 76.9 Å². The smallest absolute Gasteiger partial charge is 0.155 e. The van der Waals surface area contributed by atoms with Gasteiger partial charge in [-0.1, -0.05) is 202 Å². The van der Waals surface area contributed by atoms with Crippen LogP contribution in [0, 0.1) is 26.0 Å². The van der Waals surface area contributed by atoms with Gasteiger partial charge in [0.05, 0.1) is 28.2 Å². The Labute approximate surface area is 420 Å². The second kappa shape index (κ2) is 20.6. The van der Waals surface area contributed by atoms with Gasteiger partial charge < -0.3 is 15.1 Å². The number of carbonyl (C=O) groups is 1. The Morgan fingerprint density at radius 1 is 0.429 bits per heavy atom. The van der Waals surface area contributed by atoms with Crippen molar-refractivity contribution in [2.75, 3.05) is 0 Å². The Balaban J connectivity index is 0.000000151. The molecule has 0 spiro atoms. The minimum absolute atomic E-state index is 0. The number of fused-ring (bicyclic) bond motifs is 12. The average molecular weight is 1080 g/mol. The van der Waals surface area contributed by atoms with Gasteiger partial charge in [0.25, 0.3) is 0 Å². The summed E-state index contributed by atoms with van der Waals surface area (Å²) in [6, 6.07) is 70.9. The van der Waals surface area contributed by atoms with Gasteiger partial charge in [-0.25, -0.2) is 0 Å². The molecule has 2 aromatic heterocycles. The monoisotopic (exact) mass is 1080 g/mol. The first kappa shape index (κ1) is 46.9. The van der Waals surface area contributed by atoms with E-state index >= 15 is 0 Å². The molecule has 0 atom stereocenters. The van der Waals surface area contributed by atoms with Crippen molar-refractivity contribution in [1.29, 1.82) is 0 Å². The summed E-state index contributed by atoms with van der Waals surface area (Å²) in [5.41, 5.74) is 15.0. The number of carbonyl (C=O) groups excluding carboxylic acids is 1. The maximum atomic E-state index is 10.0. The Hall–Kier alpha value is -8.22. The summed E-state index contributed by atoms with van der Waals surface area (Å²) in [7, 11) is 0. The molecule has 1 N–H and O–H groups in total. The second-order valence-electron chi connectivity index (χ2n) is 17.2. The molecule has 0 unspecified atom stereocenters. The second-order valence-corrected chi connectivity index (χ2v) is 17.2. The van der Waals surface area contributed by atoms with Crippen molar-refractivity contribution >= 4 is 70.9 Å². The third-order valence-electron chi connectivity index (χ3n) is 12.1. The molecule has 12 rings (SSSR count). The minimum Gasteiger partial charge on any atom is -0.512 e. The van der Waals surface area contributed by atoms with Crippen LogP contribution in [-0.4, -0.2) is 30.8 Å². The van der Waals surface area contributed by atoms with Crippen molar-refractivity contribution in [2.24, 2.45) is 0 Å². The maximum absolute atomic E-state index is 10.0. The molecule has 2 heterocycles. The summed E-state index contributed by atoms with van der Waals surface area (Å²) < 4.78 is 0. The number of allylic oxidation sites excluding steroid dienone is 2. The van der Waals surface area contributed by atoms with Gasteiger partial charge in [0.15, 0.2) is 5.78 Å². The summed E-state index contributed by atoms with van der Waals surface area (Å²) in [6.45, 7) is 6.83. The van der Waals surface area contributed by atoms with Crippen molar-refractivity contribution < 1.29 is 30.0 Å². The van der Waals surface area contributed by atoms with E-state index in [1.807, 2.05) is 50.5 Å². The Kier molecular flexibility index (Phi) is 13.8. The molecule has 0 saturated heterocycles. The standard InChI is InChI=1S/2C29H19N2.C5H8O2.Ir/c2*1-19-18-30-28-24-14-12-22(20-8-4-2-5-9-20)16-26(24)27-17-23(21-10-6-3-7-11-21)13-15-25(27)29(28)31-19;1-4(6)3-5(2)7;/h2*2-13,15-18H,1H3;3,6H,1-2H3;/q2*-1;;/b;;4-3-;. The molecule has 12 aromatic rings. The zero-order chi connectivity index (χ0) is 47.4. The summed E-state index contributed by atoms with van der Waals surface area (Å²) in [5.74, 6) is -0.0625. The summed E-state index contributed by atoms with van der Waals surface area (Å²) >= 11 is 0. The zero-order valence-electron chi connectivity index (χ0n) is 39.0. The van der Waals surface area contributed by atoms with E-state index in [0.29, 0.717) is 0 Å². The van der Waals surface area contributed by atoms with Gasteiger partial charge in [-0.15, -0.1) is 47.2 Å². The molecule has 0 saturated carbocycles. The number of ketones is 1. The zero-order valence-corrected chi connectivity index (χ0v) is 41.4. The van der Waals surface area contributed by atoms with Gasteiger partial charge in [0.2, 0.25) is 0 Å². The molecule has 6 nitrogen and oxygen atoms in total. The van der Waals surface area contributed by atoms with Crippen LogP contribution in [0.15, 0.2) is 206 Å². The van der Waals surface area contributed by atoms with Crippen molar-refractivity contribution in [3.63, 3.8) is 0 Å². The van der Waals surface area contributed by atoms with E-state index in [2.05, 4.69) is 170 Å². The van der Waals surface area contributed by atoms with Crippen LogP contribution in [0.1, 0.15) is 25.2 Å². The fourth-order valence-corrected chi connectivity index (χ4v) is 8.96. The largest absolute Gasteiger partial charge is 0.512 e. The molecule has 0 bridgehead atoms. The molecule has 0 aliphatic carbocycles. The predicted octanol–water partition coefficient (Wildman–Crippen LogP) is 15.8. The molecule has 1 radical (unpaired) electrons. The van der Waals surface area contributed by atoms with E-state index in [9.17, 15) is 4.79 Å². The van der Waals surface area contributed by atoms with Gasteiger partial charge in [-0.3, -0.25) is 14.8 Å². The number of aryl methyl sites for hydroxylation is 2. The van der Waals surface area contributed by atoms with Crippen molar-refractivity contribution in [2.45, 2.75) is 27.7 Å². The van der Waals surface area contributed by atoms with E-state index in [1.165, 1.54) is 64.1 Å². The molecule has 0 aliphatic heterocycles. The van der Waals surface area contributed by atoms with E-state index in [1.54, 1.807) is 0 Å². The molecule has 341 valence electrons. The first-order chi connectivity index (χ1) is 33.7. The van der Waals surface area contributed by atoms with Crippen LogP contribution in [0.5, 0.6) is 0 Å². The molecule has 10 aromatic carbocycles. The van der Waals surface area contributed by atoms with Crippen molar-refractivity contribution in [3.05, 3.63) is 230 Å². The van der Waals surface area contributed by atoms with Crippen LogP contribution < -0.4 is 0 Å². The number of benzene rings is 10. The Morgan fingerprint density at radius 2 is 0.771 bits per heavy atom. The number of aliphatic hydroxyl groups is 1. The van der Waals surface area contributed by atoms with Crippen LogP contribution in [-0.2, 0) is 24.9 Å². The fraction of sp³-hybridized carbons (Fsp3) is 0.0635. The third-order valence-corrected chi connectivity index (χ3v) is 12.1. The average Bonchev–Trinajstić information content (AvgIpc) is 3.39. The maximum Gasteiger partial charge on any atom is 0.155 e. The Bertz CT molecular complexity index is 3650. The molecule has 70 heavy (non-hydrogen) atoms. The summed E-state index contributed by atoms with van der Waals surface area (Å²) in [5, 5.41) is 17.3. The summed E-state index contributed by atoms with van der Waals surface area (Å²) in [4.78, 5) is 29.2. The topological polar surface area (TPSA) is 88.9 Å². The van der Waals surface area contributed by atoms with Crippen LogP contribution in [0.25, 0.3) is 110 Å². The van der Waals surface area contributed by atoms with E-state index in [4.69, 9.17) is 25.0 Å². The summed E-state index contributed by atoms with van der Waals surface area (Å²) in [6.07, 6.45) is 4.84. The minimum atomic E-state index is -0.125. The Morgan fingerprint density at radius 3 is 1.10 bits per heavy atom. The predicted molar refractivity (Wildman–Crippen MR) is 285 cm³/mol. The number of hydrogen-bond acceptors (Lipinski definition) is 6. The van der Waals surface area contributed by atoms with Gasteiger partial charge in [-0.2, -0.15) is 0 Å². The quantitative estimate of drug-likeness (QED) is 0.0799. The number of aromatic nitrogens is 4. The van der Waals surface area contributed by atoms with Gasteiger partial charge in [-0.05, 0) is 60.7 Å². The number of hydrogen-bond donors (Lipinski definition) is 1. The van der Waals surface area contributed by atoms with Crippen molar-refractivity contribution in [3.8, 4) is 44.5 Å². The van der Waals surface area contributed by atoms with Crippen molar-refractivity contribution in [1.82, 2.24) is 19.9 Å². The van der Waals surface area contributed by atoms with Crippen LogP contribution in [0.2, 0.25) is 0 Å². The molecule has 0 amide bonds. The van der Waals surface area contributed by atoms with Crippen LogP contribution in [0.3, 0.4) is 0 Å². The molecular formula is C63H46IrN4O2-2. The first-order valence-electron chi connectivity index (χ1n) is 22.9. The fourth-order valence-electron chi connectivity index (χ4n) is 8.96. The molecule has 0 fully saturated rings. The van der Waals surface area contributed by atoms with Gasteiger partial charge in [0, 0.05) is 49.6 Å². The van der Waals surface area contributed by atoms with Gasteiger partial charge >= 0.3 is 0 Å². The molecule has 0 aliphatic rings. The molecule has 7 heteroatoms. The first-order valence-corrected chi connectivity index (χ1v) is 22.9. The van der Waals surface area contributed by atoms with Crippen LogP contribution in [0.4, 0.5) is 0 Å². The SMILES string of the molecule is CC(=O)/C=C(/C)O.Cc1cnc2c3[c-]cc(-c4ccccc4)cc3c3cc(-c4ccccc4)ccc3c2n1.Cc1cnc2c3[c-]cc(-c4ccccc4)cc3c3cc(-c4ccccc4)ccc3c2n1.[Ir]. The third kappa shape index (κ3) is 9.72. The van der Waals surface area contributed by atoms with Crippen LogP contribution >= 0.6 is 0 Å².